The molecule has 0 spiro atoms. The van der Waals surface area contributed by atoms with Gasteiger partial charge in [0.2, 0.25) is 0 Å². The van der Waals surface area contributed by atoms with E-state index in [4.69, 9.17) is 5.73 Å². The van der Waals surface area contributed by atoms with Crippen LogP contribution < -0.4 is 5.73 Å². The summed E-state index contributed by atoms with van der Waals surface area (Å²) >= 11 is 0. The van der Waals surface area contributed by atoms with Crippen LogP contribution in [0.1, 0.15) is 18.0 Å². The quantitative estimate of drug-likeness (QED) is 0.914. The smallest absolute Gasteiger partial charge is 0.0702 e. The average Bonchev–Trinajstić information content (AvgIpc) is 2.67. The zero-order chi connectivity index (χ0) is 14.8. The van der Waals surface area contributed by atoms with Crippen molar-refractivity contribution in [3.8, 4) is 0 Å². The van der Waals surface area contributed by atoms with Crippen LogP contribution in [0.4, 0.5) is 0 Å². The van der Waals surface area contributed by atoms with Crippen LogP contribution >= 0.6 is 0 Å². The molecular formula is C17H24N4. The van der Waals surface area contributed by atoms with Crippen LogP contribution in [0.5, 0.6) is 0 Å². The number of fused-ring (bicyclic) bond motifs is 1. The van der Waals surface area contributed by atoms with Gasteiger partial charge >= 0.3 is 0 Å². The summed E-state index contributed by atoms with van der Waals surface area (Å²) in [6, 6.07) is 10.7. The third kappa shape index (κ3) is 3.07. The monoisotopic (exact) mass is 284 g/mol. The number of rotatable bonds is 2. The number of para-hydroxylation sites is 1. The second-order valence-corrected chi connectivity index (χ2v) is 6.15. The lowest BCUT2D eigenvalue weighted by Crippen LogP contribution is -2.45. The molecule has 112 valence electrons. The maximum Gasteiger partial charge on any atom is 0.0702 e. The van der Waals surface area contributed by atoms with Gasteiger partial charge in [-0.2, -0.15) is 0 Å². The minimum Gasteiger partial charge on any atom is -0.323 e. The summed E-state index contributed by atoms with van der Waals surface area (Å²) in [7, 11) is 4.36. The molecule has 1 aromatic heterocycles. The zero-order valence-electron chi connectivity index (χ0n) is 12.9. The highest BCUT2D eigenvalue weighted by Gasteiger charge is 2.27. The molecule has 4 heteroatoms. The number of hydrogen-bond acceptors (Lipinski definition) is 4. The maximum atomic E-state index is 6.57. The summed E-state index contributed by atoms with van der Waals surface area (Å²) < 4.78 is 0. The van der Waals surface area contributed by atoms with Gasteiger partial charge in [0, 0.05) is 30.2 Å². The number of likely N-dealkylation sites (N-methyl/N-ethyl adjacent to an activating group) is 2. The molecule has 3 rings (SSSR count). The van der Waals surface area contributed by atoms with Gasteiger partial charge in [-0.3, -0.25) is 4.98 Å². The fourth-order valence-corrected chi connectivity index (χ4v) is 3.19. The topological polar surface area (TPSA) is 45.4 Å². The first-order chi connectivity index (χ1) is 10.1. The Hall–Kier alpha value is -1.49. The summed E-state index contributed by atoms with van der Waals surface area (Å²) in [6.45, 7) is 3.25. The highest BCUT2D eigenvalue weighted by molar-refractivity contribution is 5.78. The summed E-state index contributed by atoms with van der Waals surface area (Å²) in [4.78, 5) is 9.32. The van der Waals surface area contributed by atoms with Crippen LogP contribution in [-0.2, 0) is 0 Å². The normalized spacial score (nSPS) is 23.1. The molecule has 1 aliphatic heterocycles. The lowest BCUT2D eigenvalue weighted by Gasteiger charge is -2.32. The van der Waals surface area contributed by atoms with Gasteiger partial charge < -0.3 is 15.5 Å². The molecule has 0 amide bonds. The number of hydrogen-bond donors (Lipinski definition) is 1. The van der Waals surface area contributed by atoms with E-state index < -0.39 is 0 Å². The second-order valence-electron chi connectivity index (χ2n) is 6.15. The molecule has 1 aromatic carbocycles. The predicted octanol–water partition coefficient (Wildman–Crippen LogP) is 1.87. The first-order valence-electron chi connectivity index (χ1n) is 7.64. The van der Waals surface area contributed by atoms with Gasteiger partial charge in [0.1, 0.15) is 0 Å². The molecule has 0 saturated carbocycles. The third-order valence-electron chi connectivity index (χ3n) is 4.53. The SMILES string of the molecule is CN1CCCN(C)C(C(N)c2cnc3ccccc3c2)C1. The zero-order valence-corrected chi connectivity index (χ0v) is 12.9. The Labute approximate surface area is 126 Å². The van der Waals surface area contributed by atoms with Crippen molar-refractivity contribution >= 4 is 10.9 Å². The summed E-state index contributed by atoms with van der Waals surface area (Å²) in [5.41, 5.74) is 8.73. The number of nitrogens with two attached hydrogens (primary N) is 1. The second kappa shape index (κ2) is 6.10. The number of nitrogens with zero attached hydrogens (tertiary/aromatic N) is 3. The molecule has 2 aromatic rings. The molecule has 2 N–H and O–H groups in total. The molecule has 4 nitrogen and oxygen atoms in total. The molecule has 1 saturated heterocycles. The minimum absolute atomic E-state index is 0.00680. The Balaban J connectivity index is 1.89. The van der Waals surface area contributed by atoms with E-state index >= 15 is 0 Å². The van der Waals surface area contributed by atoms with Crippen LogP contribution in [0.25, 0.3) is 10.9 Å². The minimum atomic E-state index is -0.00680. The third-order valence-corrected chi connectivity index (χ3v) is 4.53. The van der Waals surface area contributed by atoms with Gasteiger partial charge in [0.15, 0.2) is 0 Å². The Morgan fingerprint density at radius 3 is 2.90 bits per heavy atom. The van der Waals surface area contributed by atoms with Crippen molar-refractivity contribution in [2.75, 3.05) is 33.7 Å². The van der Waals surface area contributed by atoms with Crippen LogP contribution in [0.15, 0.2) is 36.5 Å². The number of benzene rings is 1. The van der Waals surface area contributed by atoms with Crippen LogP contribution in [0.3, 0.4) is 0 Å². The van der Waals surface area contributed by atoms with Crippen molar-refractivity contribution < 1.29 is 0 Å². The Kier molecular flexibility index (Phi) is 4.19. The highest BCUT2D eigenvalue weighted by Crippen LogP contribution is 2.23. The van der Waals surface area contributed by atoms with Crippen molar-refractivity contribution in [3.63, 3.8) is 0 Å². The van der Waals surface area contributed by atoms with Crippen molar-refractivity contribution in [2.24, 2.45) is 5.73 Å². The molecule has 2 atom stereocenters. The van der Waals surface area contributed by atoms with Gasteiger partial charge in [-0.15, -0.1) is 0 Å². The fourth-order valence-electron chi connectivity index (χ4n) is 3.19. The van der Waals surface area contributed by atoms with Gasteiger partial charge in [-0.05, 0) is 51.3 Å². The van der Waals surface area contributed by atoms with Gasteiger partial charge in [-0.25, -0.2) is 0 Å². The molecule has 0 bridgehead atoms. The van der Waals surface area contributed by atoms with Gasteiger partial charge in [0.05, 0.1) is 5.52 Å². The van der Waals surface area contributed by atoms with Crippen LogP contribution in [0.2, 0.25) is 0 Å². The molecule has 0 radical (unpaired) electrons. The van der Waals surface area contributed by atoms with E-state index in [0.29, 0.717) is 6.04 Å². The highest BCUT2D eigenvalue weighted by atomic mass is 15.2. The number of aromatic nitrogens is 1. The number of pyridine rings is 1. The first-order valence-corrected chi connectivity index (χ1v) is 7.64. The van der Waals surface area contributed by atoms with E-state index in [9.17, 15) is 0 Å². The lowest BCUT2D eigenvalue weighted by atomic mass is 9.99. The summed E-state index contributed by atoms with van der Waals surface area (Å²) in [5, 5.41) is 1.16. The maximum absolute atomic E-state index is 6.57. The van der Waals surface area contributed by atoms with Crippen molar-refractivity contribution in [1.29, 1.82) is 0 Å². The van der Waals surface area contributed by atoms with E-state index in [-0.39, 0.29) is 6.04 Å². The Bertz CT molecular complexity index is 613. The van der Waals surface area contributed by atoms with Crippen molar-refractivity contribution in [2.45, 2.75) is 18.5 Å². The summed E-state index contributed by atoms with van der Waals surface area (Å²) in [5.74, 6) is 0. The molecule has 2 heterocycles. The fraction of sp³-hybridized carbons (Fsp3) is 0.471. The first kappa shape index (κ1) is 14.4. The largest absolute Gasteiger partial charge is 0.323 e. The molecule has 1 aliphatic rings. The Morgan fingerprint density at radius 2 is 2.05 bits per heavy atom. The molecule has 21 heavy (non-hydrogen) atoms. The van der Waals surface area contributed by atoms with Gasteiger partial charge in [-0.1, -0.05) is 18.2 Å². The average molecular weight is 284 g/mol. The molecule has 2 unspecified atom stereocenters. The van der Waals surface area contributed by atoms with E-state index in [1.54, 1.807) is 0 Å². The van der Waals surface area contributed by atoms with E-state index in [0.717, 1.165) is 36.1 Å². The van der Waals surface area contributed by atoms with E-state index in [1.807, 2.05) is 24.4 Å². The van der Waals surface area contributed by atoms with Crippen LogP contribution in [0, 0.1) is 0 Å². The van der Waals surface area contributed by atoms with E-state index in [1.165, 1.54) is 6.42 Å². The Morgan fingerprint density at radius 1 is 1.24 bits per heavy atom. The molecule has 1 fully saturated rings. The van der Waals surface area contributed by atoms with Crippen molar-refractivity contribution in [1.82, 2.24) is 14.8 Å². The van der Waals surface area contributed by atoms with Gasteiger partial charge in [0.25, 0.3) is 0 Å². The van der Waals surface area contributed by atoms with Crippen LogP contribution in [-0.4, -0.2) is 54.6 Å². The van der Waals surface area contributed by atoms with Crippen molar-refractivity contribution in [3.05, 3.63) is 42.1 Å². The standard InChI is InChI=1S/C17H24N4/c1-20-8-5-9-21(2)16(12-20)17(18)14-10-13-6-3-4-7-15(13)19-11-14/h3-4,6-7,10-11,16-17H,5,8-9,12,18H2,1-2H3. The van der Waals surface area contributed by atoms with E-state index in [2.05, 4.69) is 41.0 Å². The summed E-state index contributed by atoms with van der Waals surface area (Å²) in [6.07, 6.45) is 3.14. The molecular weight excluding hydrogens is 260 g/mol. The predicted molar refractivity (Wildman–Crippen MR) is 87.2 cm³/mol. The molecule has 0 aliphatic carbocycles. The lowest BCUT2D eigenvalue weighted by molar-refractivity contribution is 0.196.